The lowest BCUT2D eigenvalue weighted by molar-refractivity contribution is 0.174. The Labute approximate surface area is 114 Å². The van der Waals surface area contributed by atoms with Gasteiger partial charge in [0.25, 0.3) is 0 Å². The molecule has 2 aromatic carbocycles. The number of hydrogen-bond acceptors (Lipinski definition) is 3. The molecule has 3 rings (SSSR count). The molecule has 0 amide bonds. The zero-order chi connectivity index (χ0) is 12.5. The van der Waals surface area contributed by atoms with Crippen LogP contribution in [-0.4, -0.2) is 6.79 Å². The number of ether oxygens (including phenoxy) is 2. The molecule has 1 atom stereocenters. The molecule has 1 unspecified atom stereocenters. The van der Waals surface area contributed by atoms with Gasteiger partial charge in [-0.25, -0.2) is 0 Å². The second-order valence-corrected chi connectivity index (χ2v) is 5.06. The van der Waals surface area contributed by atoms with E-state index in [1.54, 1.807) is 0 Å². The maximum atomic E-state index is 6.26. The molecule has 0 saturated carbocycles. The van der Waals surface area contributed by atoms with Crippen molar-refractivity contribution in [1.82, 2.24) is 0 Å². The fourth-order valence-electron chi connectivity index (χ4n) is 2.00. The summed E-state index contributed by atoms with van der Waals surface area (Å²) in [5.41, 5.74) is 8.33. The van der Waals surface area contributed by atoms with E-state index in [0.717, 1.165) is 27.1 Å². The predicted octanol–water partition coefficient (Wildman–Crippen LogP) is 3.23. The Bertz CT molecular complexity index is 586. The molecule has 4 heteroatoms. The lowest BCUT2D eigenvalue weighted by atomic mass is 9.99. The summed E-state index contributed by atoms with van der Waals surface area (Å²) < 4.78 is 11.7. The van der Waals surface area contributed by atoms with Gasteiger partial charge >= 0.3 is 0 Å². The maximum Gasteiger partial charge on any atom is 0.231 e. The quantitative estimate of drug-likeness (QED) is 0.926. The SMILES string of the molecule is NC(c1cccc(Br)c1)c1ccc2c(c1)OCO2. The molecular weight excluding hydrogens is 294 g/mol. The lowest BCUT2D eigenvalue weighted by Gasteiger charge is -2.13. The first kappa shape index (κ1) is 11.6. The first-order valence-corrected chi connectivity index (χ1v) is 6.44. The summed E-state index contributed by atoms with van der Waals surface area (Å²) in [6.45, 7) is 0.283. The second kappa shape index (κ2) is 4.63. The number of rotatable bonds is 2. The van der Waals surface area contributed by atoms with E-state index in [0.29, 0.717) is 0 Å². The van der Waals surface area contributed by atoms with E-state index in [9.17, 15) is 0 Å². The van der Waals surface area contributed by atoms with Crippen molar-refractivity contribution >= 4 is 15.9 Å². The summed E-state index contributed by atoms with van der Waals surface area (Å²) in [6, 6.07) is 13.6. The third kappa shape index (κ3) is 2.09. The van der Waals surface area contributed by atoms with Crippen molar-refractivity contribution in [3.63, 3.8) is 0 Å². The van der Waals surface area contributed by atoms with E-state index in [-0.39, 0.29) is 12.8 Å². The maximum absolute atomic E-state index is 6.26. The summed E-state index contributed by atoms with van der Waals surface area (Å²) in [4.78, 5) is 0. The number of hydrogen-bond donors (Lipinski definition) is 1. The van der Waals surface area contributed by atoms with Crippen LogP contribution in [0.25, 0.3) is 0 Å². The molecule has 0 radical (unpaired) electrons. The van der Waals surface area contributed by atoms with Crippen molar-refractivity contribution in [2.24, 2.45) is 5.73 Å². The largest absolute Gasteiger partial charge is 0.454 e. The smallest absolute Gasteiger partial charge is 0.231 e. The van der Waals surface area contributed by atoms with Crippen LogP contribution >= 0.6 is 15.9 Å². The van der Waals surface area contributed by atoms with Gasteiger partial charge < -0.3 is 15.2 Å². The van der Waals surface area contributed by atoms with Gasteiger partial charge in [0.15, 0.2) is 11.5 Å². The van der Waals surface area contributed by atoms with Gasteiger partial charge in [-0.3, -0.25) is 0 Å². The van der Waals surface area contributed by atoms with E-state index >= 15 is 0 Å². The highest BCUT2D eigenvalue weighted by atomic mass is 79.9. The molecule has 2 aromatic rings. The summed E-state index contributed by atoms with van der Waals surface area (Å²) in [6.07, 6.45) is 0. The normalized spacial score (nSPS) is 14.6. The Hall–Kier alpha value is -1.52. The second-order valence-electron chi connectivity index (χ2n) is 4.15. The van der Waals surface area contributed by atoms with Crippen LogP contribution < -0.4 is 15.2 Å². The van der Waals surface area contributed by atoms with Crippen molar-refractivity contribution in [3.05, 3.63) is 58.1 Å². The molecule has 0 bridgehead atoms. The van der Waals surface area contributed by atoms with E-state index < -0.39 is 0 Å². The predicted molar refractivity (Wildman–Crippen MR) is 72.7 cm³/mol. The molecule has 2 N–H and O–H groups in total. The Morgan fingerprint density at radius 2 is 1.78 bits per heavy atom. The molecule has 0 aliphatic carbocycles. The number of benzene rings is 2. The summed E-state index contributed by atoms with van der Waals surface area (Å²) >= 11 is 3.45. The molecule has 1 heterocycles. The fraction of sp³-hybridized carbons (Fsp3) is 0.143. The van der Waals surface area contributed by atoms with E-state index in [1.807, 2.05) is 42.5 Å². The van der Waals surface area contributed by atoms with Crippen LogP contribution in [0, 0.1) is 0 Å². The van der Waals surface area contributed by atoms with Crippen molar-refractivity contribution in [1.29, 1.82) is 0 Å². The molecule has 0 saturated heterocycles. The zero-order valence-corrected chi connectivity index (χ0v) is 11.2. The number of fused-ring (bicyclic) bond motifs is 1. The average Bonchev–Trinajstić information content (AvgIpc) is 2.85. The Balaban J connectivity index is 1.95. The van der Waals surface area contributed by atoms with Gasteiger partial charge in [-0.15, -0.1) is 0 Å². The van der Waals surface area contributed by atoms with Crippen LogP contribution in [0.4, 0.5) is 0 Å². The summed E-state index contributed by atoms with van der Waals surface area (Å²) in [5.74, 6) is 1.54. The van der Waals surface area contributed by atoms with Gasteiger partial charge in [0.1, 0.15) is 0 Å². The zero-order valence-electron chi connectivity index (χ0n) is 9.60. The molecule has 1 aliphatic heterocycles. The third-order valence-electron chi connectivity index (χ3n) is 2.96. The van der Waals surface area contributed by atoms with Crippen LogP contribution in [0.2, 0.25) is 0 Å². The molecule has 3 nitrogen and oxygen atoms in total. The van der Waals surface area contributed by atoms with E-state index in [1.165, 1.54) is 0 Å². The molecule has 0 aromatic heterocycles. The van der Waals surface area contributed by atoms with Gasteiger partial charge in [0, 0.05) is 4.47 Å². The van der Waals surface area contributed by atoms with Crippen LogP contribution in [0.5, 0.6) is 11.5 Å². The van der Waals surface area contributed by atoms with E-state index in [4.69, 9.17) is 15.2 Å². The molecule has 92 valence electrons. The fourth-order valence-corrected chi connectivity index (χ4v) is 2.42. The van der Waals surface area contributed by atoms with Crippen molar-refractivity contribution < 1.29 is 9.47 Å². The highest BCUT2D eigenvalue weighted by molar-refractivity contribution is 9.10. The Morgan fingerprint density at radius 3 is 2.61 bits per heavy atom. The Morgan fingerprint density at radius 1 is 1.00 bits per heavy atom. The van der Waals surface area contributed by atoms with Gasteiger partial charge in [-0.2, -0.15) is 0 Å². The van der Waals surface area contributed by atoms with E-state index in [2.05, 4.69) is 15.9 Å². The minimum atomic E-state index is -0.169. The van der Waals surface area contributed by atoms with Gasteiger partial charge in [0.05, 0.1) is 6.04 Å². The van der Waals surface area contributed by atoms with Crippen LogP contribution in [0.3, 0.4) is 0 Å². The monoisotopic (exact) mass is 305 g/mol. The van der Waals surface area contributed by atoms with Crippen LogP contribution in [0.15, 0.2) is 46.9 Å². The van der Waals surface area contributed by atoms with Crippen LogP contribution in [-0.2, 0) is 0 Å². The van der Waals surface area contributed by atoms with Crippen molar-refractivity contribution in [2.75, 3.05) is 6.79 Å². The highest BCUT2D eigenvalue weighted by Gasteiger charge is 2.16. The minimum absolute atomic E-state index is 0.169. The first-order valence-electron chi connectivity index (χ1n) is 5.64. The standard InChI is InChI=1S/C14H12BrNO2/c15-11-3-1-2-9(6-11)14(16)10-4-5-12-13(7-10)18-8-17-12/h1-7,14H,8,16H2. The molecule has 18 heavy (non-hydrogen) atoms. The summed E-state index contributed by atoms with van der Waals surface area (Å²) in [7, 11) is 0. The molecule has 0 fully saturated rings. The topological polar surface area (TPSA) is 44.5 Å². The van der Waals surface area contributed by atoms with Crippen molar-refractivity contribution in [3.8, 4) is 11.5 Å². The Kier molecular flexibility index (Phi) is 2.97. The number of halogens is 1. The summed E-state index contributed by atoms with van der Waals surface area (Å²) in [5, 5.41) is 0. The molecule has 0 spiro atoms. The first-order chi connectivity index (χ1) is 8.74. The highest BCUT2D eigenvalue weighted by Crippen LogP contribution is 2.35. The molecule has 1 aliphatic rings. The van der Waals surface area contributed by atoms with Gasteiger partial charge in [-0.1, -0.05) is 34.1 Å². The lowest BCUT2D eigenvalue weighted by Crippen LogP contribution is -2.11. The van der Waals surface area contributed by atoms with Gasteiger partial charge in [-0.05, 0) is 35.4 Å². The minimum Gasteiger partial charge on any atom is -0.454 e. The number of nitrogens with two attached hydrogens (primary N) is 1. The average molecular weight is 306 g/mol. The van der Waals surface area contributed by atoms with Crippen LogP contribution in [0.1, 0.15) is 17.2 Å². The third-order valence-corrected chi connectivity index (χ3v) is 3.46. The molecular formula is C14H12BrNO2. The van der Waals surface area contributed by atoms with Crippen molar-refractivity contribution in [2.45, 2.75) is 6.04 Å². The van der Waals surface area contributed by atoms with Gasteiger partial charge in [0.2, 0.25) is 6.79 Å².